The Balaban J connectivity index is 2.79. The molecule has 2 heteroatoms. The molecule has 58 valence electrons. The van der Waals surface area contributed by atoms with Crippen LogP contribution in [-0.4, -0.2) is 5.11 Å². The number of allylic oxidation sites excluding steroid dienone is 6. The standard InChI is InChI=1S/C9H9ClO/c10-7-9-4-2-1-3-8(9)5-6-11/h1-8,11H. The van der Waals surface area contributed by atoms with Crippen molar-refractivity contribution >= 4 is 11.6 Å². The molecule has 1 N–H and O–H groups in total. The van der Waals surface area contributed by atoms with Gasteiger partial charge in [0.2, 0.25) is 0 Å². The molecule has 11 heavy (non-hydrogen) atoms. The van der Waals surface area contributed by atoms with Gasteiger partial charge in [0.25, 0.3) is 0 Å². The van der Waals surface area contributed by atoms with Gasteiger partial charge in [0.1, 0.15) is 0 Å². The third-order valence-electron chi connectivity index (χ3n) is 1.52. The molecule has 1 aliphatic rings. The van der Waals surface area contributed by atoms with Crippen LogP contribution >= 0.6 is 11.6 Å². The quantitative estimate of drug-likeness (QED) is 0.597. The molecule has 0 bridgehead atoms. The van der Waals surface area contributed by atoms with Gasteiger partial charge in [0.15, 0.2) is 0 Å². The van der Waals surface area contributed by atoms with Crippen LogP contribution in [0.5, 0.6) is 0 Å². The summed E-state index contributed by atoms with van der Waals surface area (Å²) in [5.41, 5.74) is 2.50. The van der Waals surface area contributed by atoms with Crippen LogP contribution in [0.25, 0.3) is 0 Å². The van der Waals surface area contributed by atoms with Gasteiger partial charge in [-0.1, -0.05) is 35.9 Å². The molecule has 1 aliphatic carbocycles. The third-order valence-corrected chi connectivity index (χ3v) is 1.77. The topological polar surface area (TPSA) is 20.2 Å². The fourth-order valence-electron chi connectivity index (χ4n) is 0.950. The summed E-state index contributed by atoms with van der Waals surface area (Å²) >= 11 is 5.55. The maximum Gasteiger partial charge on any atom is 0.0761 e. The van der Waals surface area contributed by atoms with E-state index in [9.17, 15) is 0 Å². The van der Waals surface area contributed by atoms with Crippen LogP contribution in [0.1, 0.15) is 0 Å². The van der Waals surface area contributed by atoms with E-state index in [1.807, 2.05) is 24.3 Å². The molecule has 1 unspecified atom stereocenters. The summed E-state index contributed by atoms with van der Waals surface area (Å²) in [4.78, 5) is 0. The van der Waals surface area contributed by atoms with Gasteiger partial charge in [0.05, 0.1) is 6.26 Å². The van der Waals surface area contributed by atoms with Crippen molar-refractivity contribution in [3.05, 3.63) is 47.8 Å². The van der Waals surface area contributed by atoms with E-state index in [1.165, 1.54) is 5.54 Å². The lowest BCUT2D eigenvalue weighted by atomic mass is 9.96. The Morgan fingerprint density at radius 1 is 1.45 bits per heavy atom. The number of aliphatic hydroxyl groups excluding tert-OH is 1. The third kappa shape index (κ3) is 1.99. The fraction of sp³-hybridized carbons (Fsp3) is 0.111. The van der Waals surface area contributed by atoms with Gasteiger partial charge in [-0.3, -0.25) is 0 Å². The van der Waals surface area contributed by atoms with E-state index in [-0.39, 0.29) is 5.92 Å². The van der Waals surface area contributed by atoms with Crippen molar-refractivity contribution in [3.63, 3.8) is 0 Å². The minimum absolute atomic E-state index is 0.113. The Bertz CT molecular complexity index is 236. The maximum atomic E-state index is 8.52. The van der Waals surface area contributed by atoms with Gasteiger partial charge in [-0.15, -0.1) is 0 Å². The lowest BCUT2D eigenvalue weighted by Gasteiger charge is -2.10. The minimum Gasteiger partial charge on any atom is -0.516 e. The van der Waals surface area contributed by atoms with Crippen LogP contribution in [0.2, 0.25) is 0 Å². The molecule has 1 atom stereocenters. The fourth-order valence-corrected chi connectivity index (χ4v) is 1.17. The normalized spacial score (nSPS) is 27.0. The summed E-state index contributed by atoms with van der Waals surface area (Å²) in [5, 5.41) is 8.52. The van der Waals surface area contributed by atoms with Gasteiger partial charge in [-0.05, 0) is 11.6 Å². The summed E-state index contributed by atoms with van der Waals surface area (Å²) in [7, 11) is 0. The zero-order valence-electron chi connectivity index (χ0n) is 5.94. The lowest BCUT2D eigenvalue weighted by molar-refractivity contribution is 0.469. The van der Waals surface area contributed by atoms with Gasteiger partial charge in [-0.2, -0.15) is 0 Å². The van der Waals surface area contributed by atoms with Gasteiger partial charge < -0.3 is 5.11 Å². The molecule has 0 heterocycles. The highest BCUT2D eigenvalue weighted by atomic mass is 35.5. The highest BCUT2D eigenvalue weighted by molar-refractivity contribution is 6.25. The van der Waals surface area contributed by atoms with Crippen LogP contribution in [0.4, 0.5) is 0 Å². The van der Waals surface area contributed by atoms with Gasteiger partial charge in [-0.25, -0.2) is 0 Å². The average Bonchev–Trinajstić information content (AvgIpc) is 2.06. The zero-order chi connectivity index (χ0) is 8.10. The highest BCUT2D eigenvalue weighted by Gasteiger charge is 2.06. The van der Waals surface area contributed by atoms with Crippen LogP contribution in [0.15, 0.2) is 47.8 Å². The lowest BCUT2D eigenvalue weighted by Crippen LogP contribution is -1.96. The molecule has 0 fully saturated rings. The van der Waals surface area contributed by atoms with Crippen molar-refractivity contribution in [2.75, 3.05) is 0 Å². The SMILES string of the molecule is OC=CC1C=CC=CC1=CCl. The number of halogens is 1. The van der Waals surface area contributed by atoms with Crippen molar-refractivity contribution in [1.82, 2.24) is 0 Å². The number of hydrogen-bond donors (Lipinski definition) is 1. The molecule has 1 rings (SSSR count). The van der Waals surface area contributed by atoms with E-state index < -0.39 is 0 Å². The summed E-state index contributed by atoms with van der Waals surface area (Å²) < 4.78 is 0. The van der Waals surface area contributed by atoms with E-state index >= 15 is 0 Å². The molecule has 0 saturated heterocycles. The van der Waals surface area contributed by atoms with E-state index in [0.717, 1.165) is 11.8 Å². The van der Waals surface area contributed by atoms with Crippen LogP contribution in [-0.2, 0) is 0 Å². The Morgan fingerprint density at radius 3 is 2.91 bits per heavy atom. The maximum absolute atomic E-state index is 8.52. The number of hydrogen-bond acceptors (Lipinski definition) is 1. The molecule has 0 radical (unpaired) electrons. The molecule has 0 spiro atoms. The van der Waals surface area contributed by atoms with Crippen molar-refractivity contribution in [3.8, 4) is 0 Å². The first kappa shape index (κ1) is 8.15. The molecular weight excluding hydrogens is 160 g/mol. The van der Waals surface area contributed by atoms with Crippen molar-refractivity contribution < 1.29 is 5.11 Å². The first-order valence-electron chi connectivity index (χ1n) is 3.34. The Hall–Kier alpha value is -0.950. The first-order valence-corrected chi connectivity index (χ1v) is 3.78. The Labute approximate surface area is 71.0 Å². The second-order valence-electron chi connectivity index (χ2n) is 2.22. The molecule has 0 amide bonds. The van der Waals surface area contributed by atoms with E-state index in [2.05, 4.69) is 0 Å². The Morgan fingerprint density at radius 2 is 2.27 bits per heavy atom. The van der Waals surface area contributed by atoms with E-state index in [1.54, 1.807) is 6.08 Å². The highest BCUT2D eigenvalue weighted by Crippen LogP contribution is 2.20. The van der Waals surface area contributed by atoms with Gasteiger partial charge >= 0.3 is 0 Å². The van der Waals surface area contributed by atoms with Crippen molar-refractivity contribution in [2.45, 2.75) is 0 Å². The molecule has 0 aromatic rings. The summed E-state index contributed by atoms with van der Waals surface area (Å²) in [6, 6.07) is 0. The van der Waals surface area contributed by atoms with E-state index in [4.69, 9.17) is 16.7 Å². The Kier molecular flexibility index (Phi) is 2.99. The minimum atomic E-state index is 0.113. The molecule has 1 nitrogen and oxygen atoms in total. The molecule has 0 saturated carbocycles. The molecule has 0 aromatic carbocycles. The first-order chi connectivity index (χ1) is 5.38. The summed E-state index contributed by atoms with van der Waals surface area (Å²) in [6.07, 6.45) is 10.4. The monoisotopic (exact) mass is 168 g/mol. The second kappa shape index (κ2) is 4.04. The summed E-state index contributed by atoms with van der Waals surface area (Å²) in [5.74, 6) is 0.113. The number of aliphatic hydroxyl groups is 1. The van der Waals surface area contributed by atoms with Crippen LogP contribution in [0.3, 0.4) is 0 Å². The van der Waals surface area contributed by atoms with Crippen molar-refractivity contribution in [1.29, 1.82) is 0 Å². The van der Waals surface area contributed by atoms with Crippen molar-refractivity contribution in [2.24, 2.45) is 5.92 Å². The number of rotatable bonds is 1. The second-order valence-corrected chi connectivity index (χ2v) is 2.44. The van der Waals surface area contributed by atoms with Crippen LogP contribution < -0.4 is 0 Å². The molecule has 0 aromatic heterocycles. The van der Waals surface area contributed by atoms with Crippen LogP contribution in [0, 0.1) is 5.92 Å². The summed E-state index contributed by atoms with van der Waals surface area (Å²) in [6.45, 7) is 0. The largest absolute Gasteiger partial charge is 0.516 e. The van der Waals surface area contributed by atoms with Gasteiger partial charge in [0, 0.05) is 11.5 Å². The predicted molar refractivity (Wildman–Crippen MR) is 47.5 cm³/mol. The average molecular weight is 169 g/mol. The zero-order valence-corrected chi connectivity index (χ0v) is 6.70. The van der Waals surface area contributed by atoms with E-state index in [0.29, 0.717) is 0 Å². The molecular formula is C9H9ClO. The molecule has 0 aliphatic heterocycles. The smallest absolute Gasteiger partial charge is 0.0761 e. The predicted octanol–water partition coefficient (Wildman–Crippen LogP) is 2.92.